The normalized spacial score (nSPS) is 17.8. The summed E-state index contributed by atoms with van der Waals surface area (Å²) >= 11 is 0. The van der Waals surface area contributed by atoms with Crippen LogP contribution in [0.4, 0.5) is 5.69 Å². The van der Waals surface area contributed by atoms with Crippen LogP contribution in [0.25, 0.3) is 10.9 Å². The van der Waals surface area contributed by atoms with Crippen molar-refractivity contribution in [3.05, 3.63) is 178 Å². The lowest BCUT2D eigenvalue weighted by Gasteiger charge is -2.39. The smallest absolute Gasteiger partial charge is 0.265 e. The molecule has 4 nitrogen and oxygen atoms in total. The van der Waals surface area contributed by atoms with Crippen molar-refractivity contribution in [1.82, 2.24) is 0 Å². The maximum absolute atomic E-state index is 9.78. The topological polar surface area (TPSA) is 40.6 Å². The molecule has 0 aromatic heterocycles. The molecule has 6 rings (SSSR count). The number of benzene rings is 4. The first kappa shape index (κ1) is 27.8. The lowest BCUT2D eigenvalue weighted by Crippen LogP contribution is -2.34. The van der Waals surface area contributed by atoms with E-state index < -0.39 is 5.60 Å². The van der Waals surface area contributed by atoms with Gasteiger partial charge in [0.05, 0.1) is 12.6 Å². The molecule has 4 heteroatoms. The fourth-order valence-electron chi connectivity index (χ4n) is 6.23. The Morgan fingerprint density at radius 2 is 1.40 bits per heavy atom. The van der Waals surface area contributed by atoms with Crippen molar-refractivity contribution in [2.75, 3.05) is 18.0 Å². The van der Waals surface area contributed by atoms with Gasteiger partial charge in [-0.25, -0.2) is 10.1 Å². The van der Waals surface area contributed by atoms with Crippen LogP contribution in [0.5, 0.6) is 0 Å². The van der Waals surface area contributed by atoms with E-state index in [9.17, 15) is 5.26 Å². The van der Waals surface area contributed by atoms with E-state index in [1.165, 1.54) is 11.3 Å². The Morgan fingerprint density at radius 3 is 1.95 bits per heavy atom. The van der Waals surface area contributed by atoms with E-state index in [-0.39, 0.29) is 5.70 Å². The summed E-state index contributed by atoms with van der Waals surface area (Å²) in [6.07, 6.45) is 8.52. The molecule has 0 bridgehead atoms. The lowest BCUT2D eigenvalue weighted by atomic mass is 9.79. The molecule has 1 fully saturated rings. The number of hydrogen-bond acceptors (Lipinski definition) is 3. The lowest BCUT2D eigenvalue weighted by molar-refractivity contribution is 0.0348. The van der Waals surface area contributed by atoms with Crippen molar-refractivity contribution in [2.24, 2.45) is 0 Å². The summed E-state index contributed by atoms with van der Waals surface area (Å²) < 4.78 is 6.82. The van der Waals surface area contributed by atoms with Gasteiger partial charge in [-0.3, -0.25) is 0 Å². The van der Waals surface area contributed by atoms with Gasteiger partial charge in [0.1, 0.15) is 5.76 Å². The molecule has 210 valence electrons. The number of anilines is 1. The highest BCUT2D eigenvalue weighted by atomic mass is 16.5. The Hall–Kier alpha value is -5.32. The molecule has 43 heavy (non-hydrogen) atoms. The van der Waals surface area contributed by atoms with Gasteiger partial charge in [0.25, 0.3) is 5.70 Å². The third-order valence-corrected chi connectivity index (χ3v) is 8.51. The average Bonchev–Trinajstić information content (AvgIpc) is 3.09. The fraction of sp³-hybridized carbons (Fsp3) is 0.179. The van der Waals surface area contributed by atoms with Gasteiger partial charge in [0.15, 0.2) is 5.60 Å². The van der Waals surface area contributed by atoms with Crippen molar-refractivity contribution >= 4 is 11.8 Å². The zero-order chi connectivity index (χ0) is 29.5. The number of ether oxygens (including phenoxy) is 1. The molecule has 2 heterocycles. The molecule has 2 aliphatic rings. The highest BCUT2D eigenvalue weighted by Crippen LogP contribution is 2.45. The summed E-state index contributed by atoms with van der Waals surface area (Å²) in [6.45, 7) is 9.75. The van der Waals surface area contributed by atoms with Gasteiger partial charge in [-0.2, -0.15) is 0 Å². The third-order valence-electron chi connectivity index (χ3n) is 8.51. The van der Waals surface area contributed by atoms with E-state index in [2.05, 4.69) is 70.4 Å². The molecule has 4 aromatic carbocycles. The predicted octanol–water partition coefficient (Wildman–Crippen LogP) is 9.03. The standard InChI is InChI=1S/C39H33N3O/c1-41-38(29-40)33-27-37(43-39(28-33,34-13-7-3-8-14-34)35-15-9-4-10-16-35)22-19-30-17-20-36(21-18-30)42-25-23-32(24-26-42)31-11-5-2-6-12-31/h2-22,27,32H,23-26,28H2/b22-19+,38-33+. The number of hydrogen-bond donors (Lipinski definition) is 0. The summed E-state index contributed by atoms with van der Waals surface area (Å²) in [4.78, 5) is 6.02. The molecule has 0 saturated carbocycles. The summed E-state index contributed by atoms with van der Waals surface area (Å²) in [6, 6.07) is 41.7. The second kappa shape index (κ2) is 12.7. The van der Waals surface area contributed by atoms with Crippen LogP contribution in [-0.2, 0) is 10.3 Å². The van der Waals surface area contributed by atoms with E-state index in [1.54, 1.807) is 0 Å². The monoisotopic (exact) mass is 559 g/mol. The average molecular weight is 560 g/mol. The molecule has 0 aliphatic carbocycles. The van der Waals surface area contributed by atoms with Gasteiger partial charge < -0.3 is 9.64 Å². The van der Waals surface area contributed by atoms with Crippen LogP contribution in [-0.4, -0.2) is 13.1 Å². The summed E-state index contributed by atoms with van der Waals surface area (Å²) in [5.41, 5.74) is 5.58. The van der Waals surface area contributed by atoms with Crippen LogP contribution in [0.2, 0.25) is 0 Å². The van der Waals surface area contributed by atoms with Crippen molar-refractivity contribution in [3.63, 3.8) is 0 Å². The molecule has 0 N–H and O–H groups in total. The van der Waals surface area contributed by atoms with Crippen LogP contribution in [0.3, 0.4) is 0 Å². The van der Waals surface area contributed by atoms with Gasteiger partial charge in [-0.1, -0.05) is 109 Å². The predicted molar refractivity (Wildman–Crippen MR) is 173 cm³/mol. The highest BCUT2D eigenvalue weighted by Gasteiger charge is 2.40. The summed E-state index contributed by atoms with van der Waals surface area (Å²) in [5.74, 6) is 1.24. The first-order valence-corrected chi connectivity index (χ1v) is 14.8. The number of allylic oxidation sites excluding steroid dienone is 3. The Labute approximate surface area is 254 Å². The number of piperidine rings is 1. The van der Waals surface area contributed by atoms with Crippen molar-refractivity contribution in [1.29, 1.82) is 5.26 Å². The van der Waals surface area contributed by atoms with E-state index in [0.29, 0.717) is 23.7 Å². The molecule has 2 aliphatic heterocycles. The minimum atomic E-state index is -0.866. The number of rotatable bonds is 6. The van der Waals surface area contributed by atoms with E-state index >= 15 is 0 Å². The molecule has 1 saturated heterocycles. The Bertz CT molecular complexity index is 1660. The Kier molecular flexibility index (Phi) is 8.21. The quantitative estimate of drug-likeness (QED) is 0.175. The van der Waals surface area contributed by atoms with E-state index in [1.807, 2.05) is 78.9 Å². The van der Waals surface area contributed by atoms with Crippen LogP contribution in [0.15, 0.2) is 144 Å². The number of nitriles is 1. The first-order chi connectivity index (χ1) is 21.2. The third kappa shape index (κ3) is 6.01. The molecule has 0 amide bonds. The van der Waals surface area contributed by atoms with Crippen LogP contribution < -0.4 is 4.90 Å². The van der Waals surface area contributed by atoms with E-state index in [4.69, 9.17) is 11.3 Å². The zero-order valence-electron chi connectivity index (χ0n) is 24.1. The molecule has 0 atom stereocenters. The second-order valence-corrected chi connectivity index (χ2v) is 11.1. The second-order valence-electron chi connectivity index (χ2n) is 11.1. The minimum Gasteiger partial charge on any atom is -0.478 e. The molecule has 0 radical (unpaired) electrons. The van der Waals surface area contributed by atoms with Crippen LogP contribution >= 0.6 is 0 Å². The largest absolute Gasteiger partial charge is 0.478 e. The SMILES string of the molecule is [C-]#[N+]/C(C#N)=C1C=C(/C=C/c2ccc(N3CCC(c4ccccc4)CC3)cc2)OC(c2ccccc2)(c2ccccc2)C\1. The molecule has 0 unspecified atom stereocenters. The zero-order valence-corrected chi connectivity index (χ0v) is 24.1. The van der Waals surface area contributed by atoms with Crippen molar-refractivity contribution < 1.29 is 4.74 Å². The fourth-order valence-corrected chi connectivity index (χ4v) is 6.23. The minimum absolute atomic E-state index is 0.0887. The van der Waals surface area contributed by atoms with Crippen LogP contribution in [0, 0.1) is 17.9 Å². The van der Waals surface area contributed by atoms with Gasteiger partial charge in [0.2, 0.25) is 0 Å². The molecule has 4 aromatic rings. The first-order valence-electron chi connectivity index (χ1n) is 14.8. The van der Waals surface area contributed by atoms with Crippen molar-refractivity contribution in [3.8, 4) is 6.07 Å². The number of nitrogens with zero attached hydrogens (tertiary/aromatic N) is 3. The van der Waals surface area contributed by atoms with Crippen LogP contribution in [0.1, 0.15) is 47.4 Å². The molecular weight excluding hydrogens is 526 g/mol. The van der Waals surface area contributed by atoms with Gasteiger partial charge in [0, 0.05) is 36.3 Å². The van der Waals surface area contributed by atoms with Gasteiger partial charge in [-0.15, -0.1) is 0 Å². The van der Waals surface area contributed by atoms with Crippen molar-refractivity contribution in [2.45, 2.75) is 30.8 Å². The Balaban J connectivity index is 1.25. The maximum atomic E-state index is 9.78. The van der Waals surface area contributed by atoms with E-state index in [0.717, 1.165) is 42.6 Å². The molecule has 0 spiro atoms. The molecular formula is C39H33N3O. The maximum Gasteiger partial charge on any atom is 0.265 e. The Morgan fingerprint density at radius 1 is 0.814 bits per heavy atom. The summed E-state index contributed by atoms with van der Waals surface area (Å²) in [7, 11) is 0. The highest BCUT2D eigenvalue weighted by molar-refractivity contribution is 5.59. The van der Waals surface area contributed by atoms with Gasteiger partial charge >= 0.3 is 0 Å². The van der Waals surface area contributed by atoms with Gasteiger partial charge in [-0.05, 0) is 59.7 Å². The summed E-state index contributed by atoms with van der Waals surface area (Å²) in [5, 5.41) is 9.78.